The van der Waals surface area contributed by atoms with Crippen molar-refractivity contribution < 1.29 is 9.21 Å². The van der Waals surface area contributed by atoms with Gasteiger partial charge in [0.15, 0.2) is 11.5 Å². The number of anilines is 1. The molecule has 0 unspecified atom stereocenters. The molecule has 6 nitrogen and oxygen atoms in total. The van der Waals surface area contributed by atoms with Crippen molar-refractivity contribution >= 4 is 11.7 Å². The maximum Gasteiger partial charge on any atom is 0.269 e. The minimum atomic E-state index is -0.566. The van der Waals surface area contributed by atoms with Gasteiger partial charge in [-0.2, -0.15) is 0 Å². The molecule has 1 fully saturated rings. The molecular weight excluding hydrogens is 268 g/mol. The van der Waals surface area contributed by atoms with E-state index in [4.69, 9.17) is 10.2 Å². The van der Waals surface area contributed by atoms with Gasteiger partial charge >= 0.3 is 0 Å². The fraction of sp³-hybridized carbons (Fsp3) is 0.400. The van der Waals surface area contributed by atoms with Gasteiger partial charge in [-0.25, -0.2) is 0 Å². The van der Waals surface area contributed by atoms with E-state index in [1.807, 2.05) is 12.1 Å². The average molecular weight is 286 g/mol. The van der Waals surface area contributed by atoms with Crippen LogP contribution in [0.5, 0.6) is 0 Å². The summed E-state index contributed by atoms with van der Waals surface area (Å²) in [6, 6.07) is 7.44. The third-order valence-electron chi connectivity index (χ3n) is 3.93. The van der Waals surface area contributed by atoms with Crippen LogP contribution in [0.15, 0.2) is 34.9 Å². The molecule has 0 bridgehead atoms. The van der Waals surface area contributed by atoms with Crippen LogP contribution in [0.1, 0.15) is 42.1 Å². The monoisotopic (exact) mass is 286 g/mol. The highest BCUT2D eigenvalue weighted by atomic mass is 16.3. The molecule has 1 amide bonds. The summed E-state index contributed by atoms with van der Waals surface area (Å²) in [6.45, 7) is 3.13. The Balaban J connectivity index is 1.89. The topological polar surface area (TPSA) is 85.2 Å². The third-order valence-corrected chi connectivity index (χ3v) is 3.93. The highest BCUT2D eigenvalue weighted by Crippen LogP contribution is 2.36. The molecule has 1 aliphatic rings. The van der Waals surface area contributed by atoms with Crippen molar-refractivity contribution in [2.45, 2.75) is 25.8 Å². The smallest absolute Gasteiger partial charge is 0.269 e. The number of hydrogen-bond acceptors (Lipinski definition) is 5. The normalized spacial score (nSPS) is 22.2. The second-order valence-corrected chi connectivity index (χ2v) is 5.50. The van der Waals surface area contributed by atoms with E-state index in [0.29, 0.717) is 5.92 Å². The van der Waals surface area contributed by atoms with Crippen molar-refractivity contribution in [3.63, 3.8) is 0 Å². The molecule has 6 heteroatoms. The lowest BCUT2D eigenvalue weighted by Crippen LogP contribution is -2.36. The Bertz CT molecular complexity index is 609. The van der Waals surface area contributed by atoms with Gasteiger partial charge in [0.05, 0.1) is 12.3 Å². The van der Waals surface area contributed by atoms with E-state index in [9.17, 15) is 4.79 Å². The van der Waals surface area contributed by atoms with Crippen LogP contribution in [0.2, 0.25) is 0 Å². The molecular formula is C15H18N4O2. The summed E-state index contributed by atoms with van der Waals surface area (Å²) in [5, 5.41) is 8.03. The van der Waals surface area contributed by atoms with Crippen molar-refractivity contribution in [1.82, 2.24) is 10.2 Å². The van der Waals surface area contributed by atoms with Gasteiger partial charge in [-0.05, 0) is 43.0 Å². The van der Waals surface area contributed by atoms with Gasteiger partial charge in [0.2, 0.25) is 0 Å². The number of hydrogen-bond donors (Lipinski definition) is 1. The Kier molecular flexibility index (Phi) is 3.60. The molecule has 110 valence electrons. The fourth-order valence-electron chi connectivity index (χ4n) is 2.78. The Morgan fingerprint density at radius 1 is 1.38 bits per heavy atom. The number of carbonyl (C=O) groups excluding carboxylic acids is 1. The number of nitrogens with zero attached hydrogens (tertiary/aromatic N) is 3. The fourth-order valence-corrected chi connectivity index (χ4v) is 2.78. The Morgan fingerprint density at radius 3 is 2.86 bits per heavy atom. The SMILES string of the molecule is C[C@H]1CCN(c2ccc(C(N)=O)nn2)[C@@H](c2ccco2)C1. The highest BCUT2D eigenvalue weighted by Gasteiger charge is 2.30. The van der Waals surface area contributed by atoms with Gasteiger partial charge in [0, 0.05) is 6.54 Å². The van der Waals surface area contributed by atoms with Gasteiger partial charge in [-0.3, -0.25) is 4.79 Å². The zero-order valence-corrected chi connectivity index (χ0v) is 11.9. The van der Waals surface area contributed by atoms with Crippen molar-refractivity contribution in [2.75, 3.05) is 11.4 Å². The van der Waals surface area contributed by atoms with Crippen LogP contribution in [0.4, 0.5) is 5.82 Å². The third kappa shape index (κ3) is 2.74. The van der Waals surface area contributed by atoms with Gasteiger partial charge in [-0.1, -0.05) is 6.92 Å². The predicted molar refractivity (Wildman–Crippen MR) is 77.7 cm³/mol. The zero-order valence-electron chi connectivity index (χ0n) is 11.9. The average Bonchev–Trinajstić information content (AvgIpc) is 3.01. The van der Waals surface area contributed by atoms with Crippen LogP contribution in [0.3, 0.4) is 0 Å². The second kappa shape index (κ2) is 5.55. The van der Waals surface area contributed by atoms with Crippen LogP contribution in [0.25, 0.3) is 0 Å². The molecule has 2 atom stereocenters. The number of furan rings is 1. The molecule has 3 rings (SSSR count). The molecule has 0 saturated carbocycles. The number of carbonyl (C=O) groups is 1. The standard InChI is InChI=1S/C15H18N4O2/c1-10-6-7-19(12(9-10)13-3-2-8-21-13)14-5-4-11(15(16)20)17-18-14/h2-5,8,10,12H,6-7,9H2,1H3,(H2,16,20)/t10-,12+/m0/s1. The lowest BCUT2D eigenvalue weighted by Gasteiger charge is -2.37. The quantitative estimate of drug-likeness (QED) is 0.934. The number of amides is 1. The highest BCUT2D eigenvalue weighted by molar-refractivity contribution is 5.90. The van der Waals surface area contributed by atoms with E-state index < -0.39 is 5.91 Å². The Labute approximate surface area is 123 Å². The van der Waals surface area contributed by atoms with E-state index >= 15 is 0 Å². The molecule has 1 aliphatic heterocycles. The van der Waals surface area contributed by atoms with Crippen molar-refractivity contribution in [2.24, 2.45) is 11.7 Å². The van der Waals surface area contributed by atoms with Crippen molar-refractivity contribution in [1.29, 1.82) is 0 Å². The Hall–Kier alpha value is -2.37. The van der Waals surface area contributed by atoms with Crippen LogP contribution in [0, 0.1) is 5.92 Å². The lowest BCUT2D eigenvalue weighted by atomic mass is 9.91. The number of aromatic nitrogens is 2. The maximum atomic E-state index is 11.1. The summed E-state index contributed by atoms with van der Waals surface area (Å²) in [6.07, 6.45) is 3.79. The van der Waals surface area contributed by atoms with Crippen LogP contribution >= 0.6 is 0 Å². The lowest BCUT2D eigenvalue weighted by molar-refractivity contribution is 0.0994. The minimum Gasteiger partial charge on any atom is -0.467 e. The van der Waals surface area contributed by atoms with Crippen molar-refractivity contribution in [3.05, 3.63) is 42.0 Å². The van der Waals surface area contributed by atoms with E-state index in [0.717, 1.165) is 31.0 Å². The molecule has 0 aliphatic carbocycles. The number of rotatable bonds is 3. The summed E-state index contributed by atoms with van der Waals surface area (Å²) in [4.78, 5) is 13.3. The van der Waals surface area contributed by atoms with Crippen LogP contribution in [-0.2, 0) is 0 Å². The van der Waals surface area contributed by atoms with E-state index in [2.05, 4.69) is 22.0 Å². The number of nitrogens with two attached hydrogens (primary N) is 1. The van der Waals surface area contributed by atoms with Crippen LogP contribution in [-0.4, -0.2) is 22.6 Å². The molecule has 1 saturated heterocycles. The maximum absolute atomic E-state index is 11.1. The van der Waals surface area contributed by atoms with Crippen LogP contribution < -0.4 is 10.6 Å². The largest absolute Gasteiger partial charge is 0.467 e. The predicted octanol–water partition coefficient (Wildman–Crippen LogP) is 2.15. The van der Waals surface area contributed by atoms with E-state index in [1.165, 1.54) is 0 Å². The first-order valence-electron chi connectivity index (χ1n) is 7.08. The molecule has 0 radical (unpaired) electrons. The molecule has 3 heterocycles. The summed E-state index contributed by atoms with van der Waals surface area (Å²) in [7, 11) is 0. The van der Waals surface area contributed by atoms with E-state index in [-0.39, 0.29) is 11.7 Å². The molecule has 2 aromatic heterocycles. The first-order chi connectivity index (χ1) is 10.1. The summed E-state index contributed by atoms with van der Waals surface area (Å²) < 4.78 is 5.57. The van der Waals surface area contributed by atoms with Gasteiger partial charge in [0.25, 0.3) is 5.91 Å². The van der Waals surface area contributed by atoms with Gasteiger partial charge in [-0.15, -0.1) is 10.2 Å². The molecule has 0 aromatic carbocycles. The number of piperidine rings is 1. The zero-order chi connectivity index (χ0) is 14.8. The summed E-state index contributed by atoms with van der Waals surface area (Å²) in [5.41, 5.74) is 5.37. The molecule has 21 heavy (non-hydrogen) atoms. The van der Waals surface area contributed by atoms with Crippen molar-refractivity contribution in [3.8, 4) is 0 Å². The first kappa shape index (κ1) is 13.6. The Morgan fingerprint density at radius 2 is 2.24 bits per heavy atom. The first-order valence-corrected chi connectivity index (χ1v) is 7.08. The minimum absolute atomic E-state index is 0.150. The summed E-state index contributed by atoms with van der Waals surface area (Å²) in [5.74, 6) is 1.74. The molecule has 2 aromatic rings. The molecule has 0 spiro atoms. The summed E-state index contributed by atoms with van der Waals surface area (Å²) >= 11 is 0. The van der Waals surface area contributed by atoms with Gasteiger partial charge < -0.3 is 15.1 Å². The van der Waals surface area contributed by atoms with Gasteiger partial charge in [0.1, 0.15) is 5.76 Å². The molecule has 2 N–H and O–H groups in total. The van der Waals surface area contributed by atoms with E-state index in [1.54, 1.807) is 18.4 Å². The number of primary amides is 1. The second-order valence-electron chi connectivity index (χ2n) is 5.50.